The zero-order valence-corrected chi connectivity index (χ0v) is 9.89. The van der Waals surface area contributed by atoms with Crippen molar-refractivity contribution in [1.82, 2.24) is 0 Å². The lowest BCUT2D eigenvalue weighted by molar-refractivity contribution is -0.486. The molecule has 13 heteroatoms. The van der Waals surface area contributed by atoms with E-state index in [1.54, 1.807) is 0 Å². The molecule has 0 aromatic heterocycles. The summed E-state index contributed by atoms with van der Waals surface area (Å²) in [5.74, 6) is -12.6. The average molecular weight is 344 g/mol. The van der Waals surface area contributed by atoms with Crippen molar-refractivity contribution in [2.24, 2.45) is 0 Å². The molecule has 128 valence electrons. The van der Waals surface area contributed by atoms with Gasteiger partial charge in [0.15, 0.2) is 0 Å². The van der Waals surface area contributed by atoms with Gasteiger partial charge in [0, 0.05) is 6.61 Å². The molecule has 0 saturated heterocycles. The largest absolute Gasteiger partial charge is 0.462 e. The molecule has 2 nitrogen and oxygen atoms in total. The van der Waals surface area contributed by atoms with E-state index in [9.17, 15) is 48.3 Å². The van der Waals surface area contributed by atoms with Crippen LogP contribution in [-0.2, 0) is 9.47 Å². The molecule has 0 N–H and O–H groups in total. The molecule has 0 spiro atoms. The second kappa shape index (κ2) is 5.74. The summed E-state index contributed by atoms with van der Waals surface area (Å²) in [6.45, 7) is -2.04. The smallest absolute Gasteiger partial charge is 0.375 e. The Labute approximate surface area is 109 Å². The molecule has 1 atom stereocenters. The SMILES string of the molecule is CCOCC(F)(OC(F)(F)C(F)(F)C(F)(F)F)C(F)(F)F. The molecular weight excluding hydrogens is 337 g/mol. The second-order valence-corrected chi connectivity index (χ2v) is 3.55. The van der Waals surface area contributed by atoms with Crippen LogP contribution in [0.2, 0.25) is 0 Å². The van der Waals surface area contributed by atoms with Gasteiger partial charge in [-0.2, -0.15) is 48.3 Å². The molecule has 0 aliphatic rings. The summed E-state index contributed by atoms with van der Waals surface area (Å²) in [5, 5.41) is 0. The minimum Gasteiger partial charge on any atom is -0.375 e. The van der Waals surface area contributed by atoms with Crippen molar-refractivity contribution in [2.45, 2.75) is 37.2 Å². The van der Waals surface area contributed by atoms with Crippen molar-refractivity contribution in [2.75, 3.05) is 13.2 Å². The van der Waals surface area contributed by atoms with Crippen LogP contribution in [0.5, 0.6) is 0 Å². The van der Waals surface area contributed by atoms with Gasteiger partial charge in [-0.15, -0.1) is 0 Å². The first-order chi connectivity index (χ1) is 9.02. The second-order valence-electron chi connectivity index (χ2n) is 3.55. The van der Waals surface area contributed by atoms with E-state index in [1.807, 2.05) is 0 Å². The van der Waals surface area contributed by atoms with Crippen molar-refractivity contribution in [3.63, 3.8) is 0 Å². The zero-order valence-electron chi connectivity index (χ0n) is 9.89. The molecule has 0 radical (unpaired) electrons. The van der Waals surface area contributed by atoms with Crippen molar-refractivity contribution in [1.29, 1.82) is 0 Å². The third kappa shape index (κ3) is 4.08. The molecule has 0 fully saturated rings. The van der Waals surface area contributed by atoms with E-state index in [4.69, 9.17) is 0 Å². The predicted octanol–water partition coefficient (Wildman–Crippen LogP) is 4.06. The Morgan fingerprint density at radius 1 is 0.714 bits per heavy atom. The van der Waals surface area contributed by atoms with E-state index in [0.29, 0.717) is 0 Å². The van der Waals surface area contributed by atoms with Gasteiger partial charge < -0.3 is 4.74 Å². The van der Waals surface area contributed by atoms with Crippen molar-refractivity contribution >= 4 is 0 Å². The van der Waals surface area contributed by atoms with Crippen LogP contribution < -0.4 is 0 Å². The van der Waals surface area contributed by atoms with Gasteiger partial charge in [-0.1, -0.05) is 0 Å². The number of ether oxygens (including phenoxy) is 2. The van der Waals surface area contributed by atoms with E-state index < -0.39 is 43.5 Å². The van der Waals surface area contributed by atoms with E-state index in [-0.39, 0.29) is 0 Å². The molecular formula is C8H7F11O2. The molecule has 0 heterocycles. The van der Waals surface area contributed by atoms with Crippen LogP contribution in [-0.4, -0.2) is 43.5 Å². The lowest BCUT2D eigenvalue weighted by Crippen LogP contribution is -2.60. The number of rotatable bonds is 6. The lowest BCUT2D eigenvalue weighted by Gasteiger charge is -2.34. The van der Waals surface area contributed by atoms with Crippen LogP contribution in [0.1, 0.15) is 6.92 Å². The molecule has 0 aromatic carbocycles. The zero-order chi connectivity index (χ0) is 17.3. The minimum atomic E-state index is -7.05. The van der Waals surface area contributed by atoms with Crippen molar-refractivity contribution in [3.05, 3.63) is 0 Å². The fraction of sp³-hybridized carbons (Fsp3) is 1.00. The van der Waals surface area contributed by atoms with Gasteiger partial charge >= 0.3 is 30.2 Å². The Kier molecular flexibility index (Phi) is 5.51. The third-order valence-electron chi connectivity index (χ3n) is 1.93. The maximum Gasteiger partial charge on any atom is 0.462 e. The van der Waals surface area contributed by atoms with Crippen molar-refractivity contribution < 1.29 is 57.8 Å². The first kappa shape index (κ1) is 20.1. The van der Waals surface area contributed by atoms with E-state index in [1.165, 1.54) is 0 Å². The van der Waals surface area contributed by atoms with Gasteiger partial charge in [0.1, 0.15) is 6.61 Å². The van der Waals surface area contributed by atoms with Gasteiger partial charge in [0.2, 0.25) is 0 Å². The summed E-state index contributed by atoms with van der Waals surface area (Å²) < 4.78 is 141. The predicted molar refractivity (Wildman–Crippen MR) is 43.4 cm³/mol. The Morgan fingerprint density at radius 2 is 1.14 bits per heavy atom. The molecule has 0 aliphatic carbocycles. The number of hydrogen-bond acceptors (Lipinski definition) is 2. The molecule has 0 amide bonds. The Bertz CT molecular complexity index is 347. The Hall–Kier alpha value is -0.850. The first-order valence-electron chi connectivity index (χ1n) is 4.88. The van der Waals surface area contributed by atoms with Gasteiger partial charge in [-0.3, -0.25) is 4.74 Å². The highest BCUT2D eigenvalue weighted by Crippen LogP contribution is 2.50. The molecule has 0 saturated carbocycles. The van der Waals surface area contributed by atoms with Gasteiger partial charge in [-0.05, 0) is 6.92 Å². The maximum atomic E-state index is 13.2. The van der Waals surface area contributed by atoms with E-state index in [0.717, 1.165) is 6.92 Å². The van der Waals surface area contributed by atoms with Crippen LogP contribution >= 0.6 is 0 Å². The minimum absolute atomic E-state index is 0.674. The molecule has 0 aliphatic heterocycles. The molecule has 0 aromatic rings. The normalized spacial score (nSPS) is 17.7. The maximum absolute atomic E-state index is 13.2. The van der Waals surface area contributed by atoms with Crippen LogP contribution in [0.4, 0.5) is 48.3 Å². The Morgan fingerprint density at radius 3 is 1.43 bits per heavy atom. The fourth-order valence-corrected chi connectivity index (χ4v) is 0.835. The number of halogens is 11. The van der Waals surface area contributed by atoms with Crippen molar-refractivity contribution in [3.8, 4) is 0 Å². The third-order valence-corrected chi connectivity index (χ3v) is 1.93. The molecule has 0 bridgehead atoms. The number of alkyl halides is 11. The summed E-state index contributed by atoms with van der Waals surface area (Å²) in [5.41, 5.74) is 0. The number of hydrogen-bond donors (Lipinski definition) is 0. The summed E-state index contributed by atoms with van der Waals surface area (Å²) in [6.07, 6.45) is -20.1. The molecule has 1 unspecified atom stereocenters. The van der Waals surface area contributed by atoms with Crippen LogP contribution in [0.15, 0.2) is 0 Å². The highest BCUT2D eigenvalue weighted by Gasteiger charge is 2.78. The molecule has 21 heavy (non-hydrogen) atoms. The molecule has 0 rings (SSSR count). The Balaban J connectivity index is 5.53. The summed E-state index contributed by atoms with van der Waals surface area (Å²) in [6, 6.07) is 0. The summed E-state index contributed by atoms with van der Waals surface area (Å²) in [4.78, 5) is 0. The van der Waals surface area contributed by atoms with Crippen LogP contribution in [0.3, 0.4) is 0 Å². The van der Waals surface area contributed by atoms with Gasteiger partial charge in [0.25, 0.3) is 0 Å². The topological polar surface area (TPSA) is 18.5 Å². The average Bonchev–Trinajstić information content (AvgIpc) is 2.22. The van der Waals surface area contributed by atoms with Crippen LogP contribution in [0, 0.1) is 0 Å². The highest BCUT2D eigenvalue weighted by molar-refractivity contribution is 4.89. The van der Waals surface area contributed by atoms with Gasteiger partial charge in [0.05, 0.1) is 0 Å². The summed E-state index contributed by atoms with van der Waals surface area (Å²) in [7, 11) is 0. The first-order valence-corrected chi connectivity index (χ1v) is 4.88. The highest BCUT2D eigenvalue weighted by atomic mass is 19.4. The van der Waals surface area contributed by atoms with Gasteiger partial charge in [-0.25, -0.2) is 0 Å². The van der Waals surface area contributed by atoms with E-state index in [2.05, 4.69) is 9.47 Å². The quantitative estimate of drug-likeness (QED) is 0.677. The lowest BCUT2D eigenvalue weighted by atomic mass is 10.2. The fourth-order valence-electron chi connectivity index (χ4n) is 0.835. The summed E-state index contributed by atoms with van der Waals surface area (Å²) >= 11 is 0. The van der Waals surface area contributed by atoms with E-state index >= 15 is 0 Å². The standard InChI is InChI=1S/C8H7F11O2/c1-2-20-3-4(9,6(12,13)14)21-8(18,19)5(10,11)7(15,16)17/h2-3H2,1H3. The van der Waals surface area contributed by atoms with Crippen LogP contribution in [0.25, 0.3) is 0 Å². The monoisotopic (exact) mass is 344 g/mol.